The van der Waals surface area contributed by atoms with E-state index in [1.165, 1.54) is 30.2 Å². The molecule has 1 aliphatic carbocycles. The molecule has 0 saturated carbocycles. The molecular formula is C21H20ClNO5. The van der Waals surface area contributed by atoms with Crippen LogP contribution in [0.2, 0.25) is 5.02 Å². The quantitative estimate of drug-likeness (QED) is 0.789. The second-order valence-electron chi connectivity index (χ2n) is 6.86. The molecule has 1 amide bonds. The molecule has 1 N–H and O–H groups in total. The van der Waals surface area contributed by atoms with Gasteiger partial charge in [-0.2, -0.15) is 0 Å². The third-order valence-corrected chi connectivity index (χ3v) is 5.13. The van der Waals surface area contributed by atoms with Crippen molar-refractivity contribution in [1.29, 1.82) is 0 Å². The first kappa shape index (κ1) is 18.6. The van der Waals surface area contributed by atoms with Gasteiger partial charge < -0.3 is 19.5 Å². The molecule has 0 spiro atoms. The molecule has 6 nitrogen and oxygen atoms in total. The number of ether oxygens (including phenoxy) is 3. The highest BCUT2D eigenvalue weighted by atomic mass is 35.5. The second-order valence-corrected chi connectivity index (χ2v) is 7.26. The molecule has 1 heterocycles. The molecular weight excluding hydrogens is 382 g/mol. The Bertz CT molecular complexity index is 943. The van der Waals surface area contributed by atoms with Gasteiger partial charge >= 0.3 is 5.97 Å². The SMILES string of the molecule is C[C@@H](OC(=O)c1cc(Cl)c2c(c1)OCCO2)C(=O)Nc1ccc2c(c1)CCC2. The monoisotopic (exact) mass is 401 g/mol. The summed E-state index contributed by atoms with van der Waals surface area (Å²) in [6.45, 7) is 2.30. The molecule has 4 rings (SSSR count). The van der Waals surface area contributed by atoms with Gasteiger partial charge in [-0.25, -0.2) is 4.79 Å². The number of hydrogen-bond acceptors (Lipinski definition) is 5. The predicted octanol–water partition coefficient (Wildman–Crippen LogP) is 3.78. The van der Waals surface area contributed by atoms with E-state index >= 15 is 0 Å². The molecule has 1 atom stereocenters. The minimum absolute atomic E-state index is 0.200. The van der Waals surface area contributed by atoms with E-state index in [0.717, 1.165) is 19.3 Å². The number of carbonyl (C=O) groups is 2. The zero-order valence-corrected chi connectivity index (χ0v) is 16.2. The van der Waals surface area contributed by atoms with Crippen LogP contribution in [0.4, 0.5) is 5.69 Å². The van der Waals surface area contributed by atoms with E-state index < -0.39 is 18.0 Å². The molecule has 146 valence electrons. The van der Waals surface area contributed by atoms with Crippen LogP contribution in [-0.2, 0) is 22.4 Å². The van der Waals surface area contributed by atoms with Gasteiger partial charge in [-0.05, 0) is 61.6 Å². The van der Waals surface area contributed by atoms with Crippen LogP contribution in [0, 0.1) is 0 Å². The van der Waals surface area contributed by atoms with Gasteiger partial charge in [-0.15, -0.1) is 0 Å². The van der Waals surface area contributed by atoms with Gasteiger partial charge in [0.1, 0.15) is 13.2 Å². The highest BCUT2D eigenvalue weighted by molar-refractivity contribution is 6.32. The maximum Gasteiger partial charge on any atom is 0.339 e. The minimum atomic E-state index is -0.965. The largest absolute Gasteiger partial charge is 0.486 e. The van der Waals surface area contributed by atoms with Crippen LogP contribution in [0.15, 0.2) is 30.3 Å². The van der Waals surface area contributed by atoms with Gasteiger partial charge in [0.2, 0.25) is 0 Å². The van der Waals surface area contributed by atoms with Crippen molar-refractivity contribution in [2.24, 2.45) is 0 Å². The first-order chi connectivity index (χ1) is 13.5. The van der Waals surface area contributed by atoms with E-state index in [1.807, 2.05) is 18.2 Å². The Labute approximate surface area is 167 Å². The summed E-state index contributed by atoms with van der Waals surface area (Å²) in [4.78, 5) is 24.9. The molecule has 2 aliphatic rings. The van der Waals surface area contributed by atoms with Crippen molar-refractivity contribution < 1.29 is 23.8 Å². The third-order valence-electron chi connectivity index (χ3n) is 4.85. The van der Waals surface area contributed by atoms with Crippen molar-refractivity contribution in [2.45, 2.75) is 32.3 Å². The molecule has 0 unspecified atom stereocenters. The van der Waals surface area contributed by atoms with Gasteiger partial charge in [0.05, 0.1) is 10.6 Å². The third kappa shape index (κ3) is 3.78. The van der Waals surface area contributed by atoms with Gasteiger partial charge in [0.15, 0.2) is 17.6 Å². The lowest BCUT2D eigenvalue weighted by Crippen LogP contribution is -2.30. The average Bonchev–Trinajstić information content (AvgIpc) is 3.15. The van der Waals surface area contributed by atoms with E-state index in [2.05, 4.69) is 5.32 Å². The number of fused-ring (bicyclic) bond motifs is 2. The molecule has 7 heteroatoms. The molecule has 2 aromatic rings. The fourth-order valence-corrected chi connectivity index (χ4v) is 3.67. The van der Waals surface area contributed by atoms with E-state index in [-0.39, 0.29) is 10.6 Å². The molecule has 0 radical (unpaired) electrons. The standard InChI is InChI=1S/C21H20ClNO5/c1-12(20(24)23-16-6-5-13-3-2-4-14(13)9-16)28-21(25)15-10-17(22)19-18(11-15)26-7-8-27-19/h5-6,9-12H,2-4,7-8H2,1H3,(H,23,24)/t12-/m1/s1. The number of esters is 1. The minimum Gasteiger partial charge on any atom is -0.486 e. The number of benzene rings is 2. The van der Waals surface area contributed by atoms with E-state index in [9.17, 15) is 9.59 Å². The lowest BCUT2D eigenvalue weighted by atomic mass is 10.1. The van der Waals surface area contributed by atoms with Crippen molar-refractivity contribution in [1.82, 2.24) is 0 Å². The van der Waals surface area contributed by atoms with E-state index in [1.54, 1.807) is 0 Å². The summed E-state index contributed by atoms with van der Waals surface area (Å²) < 4.78 is 16.2. The fraction of sp³-hybridized carbons (Fsp3) is 0.333. The van der Waals surface area contributed by atoms with Crippen LogP contribution in [0.1, 0.15) is 34.8 Å². The van der Waals surface area contributed by atoms with Crippen LogP contribution in [-0.4, -0.2) is 31.2 Å². The second kappa shape index (κ2) is 7.72. The Kier molecular flexibility index (Phi) is 5.13. The molecule has 0 saturated heterocycles. The van der Waals surface area contributed by atoms with Gasteiger partial charge in [0.25, 0.3) is 5.91 Å². The summed E-state index contributed by atoms with van der Waals surface area (Å²) >= 11 is 6.15. The number of carbonyl (C=O) groups excluding carboxylic acids is 2. The Morgan fingerprint density at radius 2 is 1.89 bits per heavy atom. The zero-order valence-electron chi connectivity index (χ0n) is 15.4. The van der Waals surface area contributed by atoms with Crippen LogP contribution in [0.25, 0.3) is 0 Å². The van der Waals surface area contributed by atoms with Crippen molar-refractivity contribution in [3.8, 4) is 11.5 Å². The van der Waals surface area contributed by atoms with Crippen LogP contribution >= 0.6 is 11.6 Å². The molecule has 0 fully saturated rings. The van der Waals surface area contributed by atoms with Gasteiger partial charge in [-0.1, -0.05) is 17.7 Å². The molecule has 0 aromatic heterocycles. The molecule has 2 aromatic carbocycles. The maximum absolute atomic E-state index is 12.4. The number of amides is 1. The first-order valence-electron chi connectivity index (χ1n) is 9.24. The topological polar surface area (TPSA) is 73.9 Å². The fourth-order valence-electron chi connectivity index (χ4n) is 3.40. The molecule has 1 aliphatic heterocycles. The van der Waals surface area contributed by atoms with Crippen LogP contribution in [0.5, 0.6) is 11.5 Å². The van der Waals surface area contributed by atoms with E-state index in [4.69, 9.17) is 25.8 Å². The van der Waals surface area contributed by atoms with Crippen LogP contribution in [0.3, 0.4) is 0 Å². The lowest BCUT2D eigenvalue weighted by Gasteiger charge is -2.20. The Balaban J connectivity index is 1.41. The average molecular weight is 402 g/mol. The Morgan fingerprint density at radius 3 is 2.75 bits per heavy atom. The van der Waals surface area contributed by atoms with Gasteiger partial charge in [0, 0.05) is 5.69 Å². The van der Waals surface area contributed by atoms with Crippen molar-refractivity contribution in [2.75, 3.05) is 18.5 Å². The summed E-state index contributed by atoms with van der Waals surface area (Å²) in [5, 5.41) is 3.07. The Morgan fingerprint density at radius 1 is 1.11 bits per heavy atom. The highest BCUT2D eigenvalue weighted by Crippen LogP contribution is 2.38. The molecule has 28 heavy (non-hydrogen) atoms. The normalized spacial score (nSPS) is 15.5. The number of aryl methyl sites for hydroxylation is 2. The van der Waals surface area contributed by atoms with Gasteiger partial charge in [-0.3, -0.25) is 4.79 Å². The summed E-state index contributed by atoms with van der Waals surface area (Å²) in [6, 6.07) is 8.84. The van der Waals surface area contributed by atoms with Crippen molar-refractivity contribution in [3.63, 3.8) is 0 Å². The summed E-state index contributed by atoms with van der Waals surface area (Å²) in [7, 11) is 0. The number of hydrogen-bond donors (Lipinski definition) is 1. The van der Waals surface area contributed by atoms with Crippen molar-refractivity contribution in [3.05, 3.63) is 52.0 Å². The number of rotatable bonds is 4. The molecule has 0 bridgehead atoms. The summed E-state index contributed by atoms with van der Waals surface area (Å²) in [6.07, 6.45) is 2.27. The summed E-state index contributed by atoms with van der Waals surface area (Å²) in [5.74, 6) is -0.252. The predicted molar refractivity (Wildman–Crippen MR) is 104 cm³/mol. The number of nitrogens with one attached hydrogen (secondary N) is 1. The van der Waals surface area contributed by atoms with Crippen molar-refractivity contribution >= 4 is 29.2 Å². The summed E-state index contributed by atoms with van der Waals surface area (Å²) in [5.41, 5.74) is 3.49. The lowest BCUT2D eigenvalue weighted by molar-refractivity contribution is -0.123. The Hall–Kier alpha value is -2.73. The van der Waals surface area contributed by atoms with Crippen LogP contribution < -0.4 is 14.8 Å². The first-order valence-corrected chi connectivity index (χ1v) is 9.62. The zero-order chi connectivity index (χ0) is 19.7. The number of halogens is 1. The number of anilines is 1. The highest BCUT2D eigenvalue weighted by Gasteiger charge is 2.23. The smallest absolute Gasteiger partial charge is 0.339 e. The maximum atomic E-state index is 12.4. The van der Waals surface area contributed by atoms with E-state index in [0.29, 0.717) is 30.4 Å².